The molecule has 0 heterocycles. The largest absolute Gasteiger partial charge is 0.789 e. The van der Waals surface area contributed by atoms with Crippen LogP contribution in [-0.2, 0) is 67.0 Å². The van der Waals surface area contributed by atoms with Crippen LogP contribution < -0.4 is 0 Å². The van der Waals surface area contributed by atoms with Gasteiger partial charge < -0.3 is 50.5 Å². The summed E-state index contributed by atoms with van der Waals surface area (Å²) in [5.41, 5.74) is 4.67. The minimum absolute atomic E-state index is 0. The summed E-state index contributed by atoms with van der Waals surface area (Å²) in [6.45, 7) is 10.9. The molecule has 0 aliphatic rings. The summed E-state index contributed by atoms with van der Waals surface area (Å²) in [5, 5.41) is 3.12. The molecule has 32 heavy (non-hydrogen) atoms. The van der Waals surface area contributed by atoms with Crippen LogP contribution in [0.4, 0.5) is 0 Å². The Hall–Kier alpha value is -0.00649. The average molecular weight is 582 g/mol. The number of benzene rings is 2. The van der Waals surface area contributed by atoms with Crippen molar-refractivity contribution in [3.8, 4) is 0 Å². The molecule has 7 heteroatoms. The summed E-state index contributed by atoms with van der Waals surface area (Å²) in [5.74, 6) is 2.14. The smallest absolute Gasteiger partial charge is 0.0129 e. The van der Waals surface area contributed by atoms with E-state index in [1.807, 2.05) is 17.8 Å². The summed E-state index contributed by atoms with van der Waals surface area (Å²) in [6.07, 6.45) is 1.17. The van der Waals surface area contributed by atoms with E-state index in [2.05, 4.69) is 77.6 Å². The molecular weight excluding hydrogens is 551 g/mol. The Bertz CT molecular complexity index is 903. The van der Waals surface area contributed by atoms with Crippen molar-refractivity contribution in [2.45, 2.75) is 62.7 Å². The van der Waals surface area contributed by atoms with Crippen molar-refractivity contribution in [3.63, 3.8) is 0 Å². The van der Waals surface area contributed by atoms with Gasteiger partial charge in [-0.1, -0.05) is 58.9 Å². The predicted molar refractivity (Wildman–Crippen MR) is 155 cm³/mol. The first kappa shape index (κ1) is 32.0. The standard InChI is InChI=1S/C14H20S3.C11H14S3.Ni/c1-4-7-17-14-6-5-11(10(2)3)8-12(14)13(16)9-15;1-7(2)8-3-4-10(13)9(5-8)11(14)6-12;/h5-6,8-10,15-16H,4,7H2,1-3H3;3-7,12-14H,1-2H3;/p-4/b13-9-;11-6-;. The number of hydrogen-bond donors (Lipinski definition) is 1. The summed E-state index contributed by atoms with van der Waals surface area (Å²) >= 11 is 26.5. The third kappa shape index (κ3) is 10.1. The molecule has 2 rings (SSSR count). The molecule has 0 bridgehead atoms. The van der Waals surface area contributed by atoms with Gasteiger partial charge in [-0.3, -0.25) is 0 Å². The van der Waals surface area contributed by atoms with Gasteiger partial charge in [0.25, 0.3) is 0 Å². The van der Waals surface area contributed by atoms with Gasteiger partial charge in [0.15, 0.2) is 0 Å². The zero-order valence-corrected chi connectivity index (χ0v) is 25.0. The molecule has 2 aromatic rings. The molecule has 0 aliphatic carbocycles. The van der Waals surface area contributed by atoms with Gasteiger partial charge >= 0.3 is 0 Å². The minimum atomic E-state index is 0. The maximum Gasteiger partial charge on any atom is 0.0129 e. The molecule has 0 unspecified atom stereocenters. The van der Waals surface area contributed by atoms with Gasteiger partial charge in [-0.2, -0.15) is 9.81 Å². The van der Waals surface area contributed by atoms with Gasteiger partial charge in [-0.15, -0.1) is 24.4 Å². The summed E-state index contributed by atoms with van der Waals surface area (Å²) < 4.78 is 0. The molecule has 0 spiro atoms. The Kier molecular flexibility index (Phi) is 16.6. The first-order valence-corrected chi connectivity index (χ1v) is 13.4. The Balaban J connectivity index is 0.000000592. The van der Waals surface area contributed by atoms with Gasteiger partial charge in [0.1, 0.15) is 0 Å². The zero-order chi connectivity index (χ0) is 23.6. The molecule has 0 aliphatic heterocycles. The third-order valence-electron chi connectivity index (χ3n) is 4.56. The van der Waals surface area contributed by atoms with E-state index in [1.165, 1.54) is 27.9 Å². The fourth-order valence-corrected chi connectivity index (χ4v) is 4.58. The first-order chi connectivity index (χ1) is 14.7. The van der Waals surface area contributed by atoms with E-state index in [0.717, 1.165) is 26.7 Å². The van der Waals surface area contributed by atoms with E-state index in [9.17, 15) is 0 Å². The molecule has 0 N–H and O–H groups in total. The average Bonchev–Trinajstić information content (AvgIpc) is 2.76. The van der Waals surface area contributed by atoms with E-state index in [4.69, 9.17) is 50.5 Å². The van der Waals surface area contributed by atoms with Crippen LogP contribution in [0.3, 0.4) is 0 Å². The van der Waals surface area contributed by atoms with Gasteiger partial charge in [0, 0.05) is 26.3 Å². The van der Waals surface area contributed by atoms with Crippen LogP contribution in [-0.4, -0.2) is 5.75 Å². The normalized spacial score (nSPS) is 11.8. The van der Waals surface area contributed by atoms with E-state index in [-0.39, 0.29) is 16.5 Å². The fourth-order valence-electron chi connectivity index (χ4n) is 2.67. The molecule has 2 aromatic carbocycles. The molecular formula is C25H30NiS6-4. The molecule has 0 radical (unpaired) electrons. The summed E-state index contributed by atoms with van der Waals surface area (Å²) in [6, 6.07) is 12.7. The Labute approximate surface area is 237 Å². The van der Waals surface area contributed by atoms with Crippen LogP contribution in [0.15, 0.2) is 57.0 Å². The zero-order valence-electron chi connectivity index (χ0n) is 19.0. The van der Waals surface area contributed by atoms with E-state index in [0.29, 0.717) is 16.7 Å². The van der Waals surface area contributed by atoms with Crippen molar-refractivity contribution >= 4 is 84.7 Å². The number of rotatable bonds is 7. The maximum absolute atomic E-state index is 5.33. The van der Waals surface area contributed by atoms with Crippen LogP contribution in [0.2, 0.25) is 0 Å². The Morgan fingerprint density at radius 3 is 1.81 bits per heavy atom. The van der Waals surface area contributed by atoms with E-state index < -0.39 is 0 Å². The summed E-state index contributed by atoms with van der Waals surface area (Å²) in [4.78, 5) is 3.61. The SMILES string of the molecule is CC(C)c1ccc(S)c(/C([S-])=C/[S-])c1.CCCSc1ccc(C(C)C)cc1/C([S-])=C/[S-].[Ni]. The Morgan fingerprint density at radius 2 is 1.34 bits per heavy atom. The number of thioether (sulfide) groups is 1. The van der Waals surface area contributed by atoms with Crippen LogP contribution in [0.25, 0.3) is 9.81 Å². The second-order valence-corrected chi connectivity index (χ2v) is 10.6. The second-order valence-electron chi connectivity index (χ2n) is 7.65. The molecule has 180 valence electrons. The molecule has 0 nitrogen and oxygen atoms in total. The van der Waals surface area contributed by atoms with E-state index in [1.54, 1.807) is 5.41 Å². The predicted octanol–water partition coefficient (Wildman–Crippen LogP) is 8.19. The van der Waals surface area contributed by atoms with Gasteiger partial charge in [-0.25, -0.2) is 10.8 Å². The molecule has 0 atom stereocenters. The fraction of sp³-hybridized carbons (Fsp3) is 0.360. The molecule has 0 aromatic heterocycles. The van der Waals surface area contributed by atoms with Crippen molar-refractivity contribution in [2.24, 2.45) is 0 Å². The quantitative estimate of drug-likeness (QED) is 0.151. The number of hydrogen-bond acceptors (Lipinski definition) is 6. The van der Waals surface area contributed by atoms with Crippen molar-refractivity contribution in [1.29, 1.82) is 0 Å². The van der Waals surface area contributed by atoms with Crippen LogP contribution >= 0.6 is 24.4 Å². The topological polar surface area (TPSA) is 0 Å². The molecule has 0 fully saturated rings. The van der Waals surface area contributed by atoms with Crippen molar-refractivity contribution in [1.82, 2.24) is 0 Å². The van der Waals surface area contributed by atoms with Crippen molar-refractivity contribution in [2.75, 3.05) is 5.75 Å². The second kappa shape index (κ2) is 16.6. The summed E-state index contributed by atoms with van der Waals surface area (Å²) in [7, 11) is 0. The van der Waals surface area contributed by atoms with Crippen LogP contribution in [0.5, 0.6) is 0 Å². The van der Waals surface area contributed by atoms with Gasteiger partial charge in [0.05, 0.1) is 0 Å². The van der Waals surface area contributed by atoms with Crippen LogP contribution in [0.1, 0.15) is 75.1 Å². The van der Waals surface area contributed by atoms with Gasteiger partial charge in [0.2, 0.25) is 0 Å². The molecule has 0 saturated carbocycles. The molecule has 0 amide bonds. The molecule has 0 saturated heterocycles. The number of thiol groups is 1. The minimum Gasteiger partial charge on any atom is -0.789 e. The van der Waals surface area contributed by atoms with Gasteiger partial charge in [-0.05, 0) is 58.4 Å². The third-order valence-corrected chi connectivity index (χ3v) is 7.68. The first-order valence-electron chi connectivity index (χ1n) is 10.2. The van der Waals surface area contributed by atoms with Crippen molar-refractivity contribution < 1.29 is 16.5 Å². The van der Waals surface area contributed by atoms with Crippen molar-refractivity contribution in [3.05, 3.63) is 69.5 Å². The monoisotopic (exact) mass is 580 g/mol. The van der Waals surface area contributed by atoms with Crippen LogP contribution in [0, 0.1) is 0 Å². The maximum atomic E-state index is 5.33. The van der Waals surface area contributed by atoms with E-state index >= 15 is 0 Å². The Morgan fingerprint density at radius 1 is 0.875 bits per heavy atom.